The molecule has 0 spiro atoms. The standard InChI is InChI=1S/C26H27ClO6S/c1-2-7-20-18-22(33-21-8-4-3-5-9-21)11-12-24(20)32-14-6-15-34(30,31)25-13-10-19(16-23(25)27)17-26(28)29/h3-5,8-13,16,18H,2,6-7,14-15,17H2,1H3,(H,28,29). The Kier molecular flexibility index (Phi) is 8.96. The average molecular weight is 503 g/mol. The number of carboxylic acids is 1. The molecule has 0 aliphatic heterocycles. The molecule has 6 nitrogen and oxygen atoms in total. The summed E-state index contributed by atoms with van der Waals surface area (Å²) in [4.78, 5) is 10.8. The Balaban J connectivity index is 1.60. The fourth-order valence-electron chi connectivity index (χ4n) is 3.47. The highest BCUT2D eigenvalue weighted by Gasteiger charge is 2.19. The van der Waals surface area contributed by atoms with Gasteiger partial charge in [-0.15, -0.1) is 0 Å². The number of sulfone groups is 1. The number of halogens is 1. The van der Waals surface area contributed by atoms with Crippen molar-refractivity contribution in [3.05, 3.63) is 82.9 Å². The second-order valence-corrected chi connectivity index (χ2v) is 10.3. The van der Waals surface area contributed by atoms with Crippen LogP contribution >= 0.6 is 11.6 Å². The van der Waals surface area contributed by atoms with Crippen LogP contribution in [-0.2, 0) is 27.5 Å². The second-order valence-electron chi connectivity index (χ2n) is 7.79. The molecule has 0 aromatic heterocycles. The van der Waals surface area contributed by atoms with Crippen molar-refractivity contribution in [1.82, 2.24) is 0 Å². The molecule has 0 saturated carbocycles. The Morgan fingerprint density at radius 1 is 1.00 bits per heavy atom. The summed E-state index contributed by atoms with van der Waals surface area (Å²) in [7, 11) is -3.63. The maximum absolute atomic E-state index is 12.7. The Labute approximate surface area is 205 Å². The van der Waals surface area contributed by atoms with Gasteiger partial charge in [0.05, 0.1) is 28.7 Å². The van der Waals surface area contributed by atoms with E-state index in [1.807, 2.05) is 48.5 Å². The SMILES string of the molecule is CCCc1cc(Oc2ccccc2)ccc1OCCCS(=O)(=O)c1ccc(CC(=O)O)cc1Cl. The third-order valence-electron chi connectivity index (χ3n) is 5.03. The van der Waals surface area contributed by atoms with Crippen molar-refractivity contribution in [1.29, 1.82) is 0 Å². The molecule has 1 N–H and O–H groups in total. The van der Waals surface area contributed by atoms with Crippen LogP contribution in [0.4, 0.5) is 0 Å². The fourth-order valence-corrected chi connectivity index (χ4v) is 5.38. The van der Waals surface area contributed by atoms with Gasteiger partial charge >= 0.3 is 5.97 Å². The van der Waals surface area contributed by atoms with E-state index in [4.69, 9.17) is 26.2 Å². The Morgan fingerprint density at radius 3 is 2.44 bits per heavy atom. The van der Waals surface area contributed by atoms with Gasteiger partial charge in [0.2, 0.25) is 0 Å². The van der Waals surface area contributed by atoms with Crippen LogP contribution in [0.2, 0.25) is 5.02 Å². The van der Waals surface area contributed by atoms with E-state index in [1.54, 1.807) is 0 Å². The van der Waals surface area contributed by atoms with Crippen LogP contribution in [0.1, 0.15) is 30.9 Å². The molecule has 3 rings (SSSR count). The summed E-state index contributed by atoms with van der Waals surface area (Å²) in [5, 5.41) is 8.90. The molecule has 8 heteroatoms. The molecule has 0 aliphatic carbocycles. The van der Waals surface area contributed by atoms with Crippen molar-refractivity contribution in [2.45, 2.75) is 37.5 Å². The van der Waals surface area contributed by atoms with Gasteiger partial charge in [-0.3, -0.25) is 4.79 Å². The molecule has 0 unspecified atom stereocenters. The predicted molar refractivity (Wildman–Crippen MR) is 132 cm³/mol. The second kappa shape index (κ2) is 11.9. The lowest BCUT2D eigenvalue weighted by Gasteiger charge is -2.14. The molecule has 0 atom stereocenters. The van der Waals surface area contributed by atoms with Crippen molar-refractivity contribution < 1.29 is 27.8 Å². The minimum absolute atomic E-state index is 0.00242. The zero-order chi connectivity index (χ0) is 24.6. The van der Waals surface area contributed by atoms with Crippen LogP contribution in [0.15, 0.2) is 71.6 Å². The summed E-state index contributed by atoms with van der Waals surface area (Å²) < 4.78 is 37.2. The lowest BCUT2D eigenvalue weighted by molar-refractivity contribution is -0.136. The van der Waals surface area contributed by atoms with E-state index >= 15 is 0 Å². The summed E-state index contributed by atoms with van der Waals surface area (Å²) in [6.07, 6.45) is 1.79. The van der Waals surface area contributed by atoms with Crippen LogP contribution < -0.4 is 9.47 Å². The number of aliphatic carboxylic acids is 1. The first kappa shape index (κ1) is 25.6. The summed E-state index contributed by atoms with van der Waals surface area (Å²) in [6, 6.07) is 19.3. The molecular weight excluding hydrogens is 476 g/mol. The largest absolute Gasteiger partial charge is 0.493 e. The molecule has 0 saturated heterocycles. The molecule has 34 heavy (non-hydrogen) atoms. The van der Waals surface area contributed by atoms with Gasteiger partial charge in [-0.25, -0.2) is 8.42 Å². The minimum atomic E-state index is -3.63. The normalized spacial score (nSPS) is 11.2. The number of aryl methyl sites for hydroxylation is 1. The Bertz CT molecular complexity index is 1230. The summed E-state index contributed by atoms with van der Waals surface area (Å²) in [6.45, 7) is 2.30. The molecule has 180 valence electrons. The van der Waals surface area contributed by atoms with Crippen LogP contribution in [0.25, 0.3) is 0 Å². The molecule has 0 amide bonds. The van der Waals surface area contributed by atoms with Crippen molar-refractivity contribution in [2.75, 3.05) is 12.4 Å². The smallest absolute Gasteiger partial charge is 0.307 e. The quantitative estimate of drug-likeness (QED) is 0.307. The molecule has 0 heterocycles. The molecule has 0 bridgehead atoms. The summed E-state index contributed by atoms with van der Waals surface area (Å²) >= 11 is 6.12. The maximum atomic E-state index is 12.7. The Morgan fingerprint density at radius 2 is 1.76 bits per heavy atom. The van der Waals surface area contributed by atoms with E-state index in [-0.39, 0.29) is 35.1 Å². The van der Waals surface area contributed by atoms with Gasteiger partial charge in [0.15, 0.2) is 9.84 Å². The fraction of sp³-hybridized carbons (Fsp3) is 0.269. The minimum Gasteiger partial charge on any atom is -0.493 e. The number of ether oxygens (including phenoxy) is 2. The first-order chi connectivity index (χ1) is 16.3. The summed E-state index contributed by atoms with van der Waals surface area (Å²) in [5.74, 6) is 1.02. The van der Waals surface area contributed by atoms with E-state index in [1.165, 1.54) is 18.2 Å². The molecule has 0 radical (unpaired) electrons. The van der Waals surface area contributed by atoms with Gasteiger partial charge in [-0.2, -0.15) is 0 Å². The van der Waals surface area contributed by atoms with Gasteiger partial charge in [-0.05, 0) is 66.4 Å². The van der Waals surface area contributed by atoms with Crippen LogP contribution in [-0.4, -0.2) is 31.9 Å². The number of para-hydroxylation sites is 1. The first-order valence-corrected chi connectivity index (χ1v) is 13.0. The van der Waals surface area contributed by atoms with E-state index in [0.29, 0.717) is 17.1 Å². The zero-order valence-corrected chi connectivity index (χ0v) is 20.4. The first-order valence-electron chi connectivity index (χ1n) is 11.0. The molecule has 3 aromatic rings. The Hall–Kier alpha value is -3.03. The third kappa shape index (κ3) is 7.23. The van der Waals surface area contributed by atoms with Crippen LogP contribution in [0, 0.1) is 0 Å². The molecule has 0 fully saturated rings. The van der Waals surface area contributed by atoms with Crippen LogP contribution in [0.3, 0.4) is 0 Å². The number of carbonyl (C=O) groups is 1. The third-order valence-corrected chi connectivity index (χ3v) is 7.31. The average Bonchev–Trinajstić information content (AvgIpc) is 2.78. The van der Waals surface area contributed by atoms with Gasteiger partial charge in [0.1, 0.15) is 17.2 Å². The van der Waals surface area contributed by atoms with E-state index in [0.717, 1.165) is 24.2 Å². The van der Waals surface area contributed by atoms with Gasteiger partial charge in [-0.1, -0.05) is 49.2 Å². The molecule has 3 aromatic carbocycles. The van der Waals surface area contributed by atoms with Crippen molar-refractivity contribution in [3.8, 4) is 17.2 Å². The van der Waals surface area contributed by atoms with Gasteiger partial charge in [0, 0.05) is 0 Å². The number of hydrogen-bond acceptors (Lipinski definition) is 5. The maximum Gasteiger partial charge on any atom is 0.307 e. The van der Waals surface area contributed by atoms with Gasteiger partial charge < -0.3 is 14.6 Å². The molecule has 0 aliphatic rings. The number of rotatable bonds is 12. The predicted octanol–water partition coefficient (Wildman–Crippen LogP) is 5.95. The molecular formula is C26H27ClO6S. The van der Waals surface area contributed by atoms with E-state index in [9.17, 15) is 13.2 Å². The van der Waals surface area contributed by atoms with Crippen molar-refractivity contribution in [2.24, 2.45) is 0 Å². The lowest BCUT2D eigenvalue weighted by Crippen LogP contribution is -2.12. The van der Waals surface area contributed by atoms with E-state index < -0.39 is 15.8 Å². The van der Waals surface area contributed by atoms with E-state index in [2.05, 4.69) is 6.92 Å². The number of benzene rings is 3. The number of carboxylic acid groups (broad SMARTS) is 1. The highest BCUT2D eigenvalue weighted by molar-refractivity contribution is 7.91. The van der Waals surface area contributed by atoms with Crippen molar-refractivity contribution in [3.63, 3.8) is 0 Å². The highest BCUT2D eigenvalue weighted by atomic mass is 35.5. The van der Waals surface area contributed by atoms with Gasteiger partial charge in [0.25, 0.3) is 0 Å². The van der Waals surface area contributed by atoms with Crippen LogP contribution in [0.5, 0.6) is 17.2 Å². The highest BCUT2D eigenvalue weighted by Crippen LogP contribution is 2.29. The number of hydrogen-bond donors (Lipinski definition) is 1. The van der Waals surface area contributed by atoms with Crippen molar-refractivity contribution >= 4 is 27.4 Å². The zero-order valence-electron chi connectivity index (χ0n) is 18.9. The lowest BCUT2D eigenvalue weighted by atomic mass is 10.1. The monoisotopic (exact) mass is 502 g/mol. The summed E-state index contributed by atoms with van der Waals surface area (Å²) in [5.41, 5.74) is 1.44. The topological polar surface area (TPSA) is 89.9 Å².